The maximum atomic E-state index is 12.7. The quantitative estimate of drug-likeness (QED) is 0.863. The summed E-state index contributed by atoms with van der Waals surface area (Å²) in [5.74, 6) is 0.947. The van der Waals surface area contributed by atoms with E-state index in [0.717, 1.165) is 69.8 Å². The molecule has 4 rings (SSSR count). The van der Waals surface area contributed by atoms with E-state index in [1.165, 1.54) is 12.8 Å². The van der Waals surface area contributed by atoms with E-state index in [1.807, 2.05) is 22.1 Å². The molecule has 1 aromatic rings. The molecule has 7 heteroatoms. The van der Waals surface area contributed by atoms with Crippen molar-refractivity contribution in [2.45, 2.75) is 45.1 Å². The summed E-state index contributed by atoms with van der Waals surface area (Å²) < 4.78 is 0. The molecule has 7 nitrogen and oxygen atoms in total. The highest BCUT2D eigenvalue weighted by Gasteiger charge is 2.31. The van der Waals surface area contributed by atoms with Crippen molar-refractivity contribution in [3.8, 4) is 0 Å². The highest BCUT2D eigenvalue weighted by Crippen LogP contribution is 2.21. The van der Waals surface area contributed by atoms with E-state index < -0.39 is 0 Å². The summed E-state index contributed by atoms with van der Waals surface area (Å²) in [6.45, 7) is 5.65. The van der Waals surface area contributed by atoms with Crippen LogP contribution in [0.25, 0.3) is 0 Å². The number of hydrogen-bond donors (Lipinski definition) is 1. The van der Waals surface area contributed by atoms with Crippen molar-refractivity contribution in [2.75, 3.05) is 44.2 Å². The summed E-state index contributed by atoms with van der Waals surface area (Å²) in [5.41, 5.74) is 1.08. The number of anilines is 1. The van der Waals surface area contributed by atoms with E-state index in [9.17, 15) is 9.59 Å². The summed E-state index contributed by atoms with van der Waals surface area (Å²) in [5, 5.41) is 3.08. The molecule has 28 heavy (non-hydrogen) atoms. The number of likely N-dealkylation sites (tertiary alicyclic amines) is 2. The van der Waals surface area contributed by atoms with Crippen LogP contribution in [0.2, 0.25) is 0 Å². The molecule has 4 heterocycles. The second kappa shape index (κ2) is 8.80. The maximum absolute atomic E-state index is 12.7. The molecule has 0 aromatic carbocycles. The van der Waals surface area contributed by atoms with E-state index in [0.29, 0.717) is 13.1 Å². The van der Waals surface area contributed by atoms with Gasteiger partial charge in [-0.2, -0.15) is 0 Å². The number of carbonyl (C=O) groups is 2. The molecule has 3 aliphatic heterocycles. The van der Waals surface area contributed by atoms with Gasteiger partial charge in [0, 0.05) is 52.0 Å². The number of pyridine rings is 1. The first kappa shape index (κ1) is 19.0. The van der Waals surface area contributed by atoms with Crippen molar-refractivity contribution >= 4 is 17.8 Å². The lowest BCUT2D eigenvalue weighted by molar-refractivity contribution is -0.126. The molecule has 0 bridgehead atoms. The lowest BCUT2D eigenvalue weighted by Crippen LogP contribution is -2.49. The molecular formula is C21H31N5O2. The van der Waals surface area contributed by atoms with Crippen LogP contribution < -0.4 is 10.2 Å². The van der Waals surface area contributed by atoms with E-state index >= 15 is 0 Å². The maximum Gasteiger partial charge on any atom is 0.320 e. The molecule has 3 aliphatic rings. The van der Waals surface area contributed by atoms with Gasteiger partial charge < -0.3 is 20.0 Å². The first-order chi connectivity index (χ1) is 13.7. The van der Waals surface area contributed by atoms with Crippen molar-refractivity contribution in [1.82, 2.24) is 20.1 Å². The molecular weight excluding hydrogens is 354 g/mol. The summed E-state index contributed by atoms with van der Waals surface area (Å²) in [6, 6.07) is 4.15. The topological polar surface area (TPSA) is 68.8 Å². The Hall–Kier alpha value is -2.31. The number of urea groups is 1. The van der Waals surface area contributed by atoms with Gasteiger partial charge in [0.15, 0.2) is 0 Å². The second-order valence-corrected chi connectivity index (χ2v) is 8.20. The van der Waals surface area contributed by atoms with Crippen LogP contribution in [-0.4, -0.2) is 66.0 Å². The number of rotatable bonds is 4. The lowest BCUT2D eigenvalue weighted by Gasteiger charge is -2.34. The Labute approximate surface area is 167 Å². The highest BCUT2D eigenvalue weighted by atomic mass is 16.2. The van der Waals surface area contributed by atoms with Crippen LogP contribution in [0.15, 0.2) is 18.3 Å². The number of carbonyl (C=O) groups excluding carboxylic acids is 2. The highest BCUT2D eigenvalue weighted by molar-refractivity contribution is 5.81. The Morgan fingerprint density at radius 3 is 2.50 bits per heavy atom. The molecule has 3 fully saturated rings. The molecule has 1 atom stereocenters. The largest absolute Gasteiger partial charge is 0.357 e. The molecule has 152 valence electrons. The monoisotopic (exact) mass is 385 g/mol. The summed E-state index contributed by atoms with van der Waals surface area (Å²) in [7, 11) is 0. The van der Waals surface area contributed by atoms with Crippen molar-refractivity contribution in [3.63, 3.8) is 0 Å². The normalized spacial score (nSPS) is 22.6. The average molecular weight is 386 g/mol. The minimum absolute atomic E-state index is 0.0541. The molecule has 0 radical (unpaired) electrons. The van der Waals surface area contributed by atoms with Crippen LogP contribution in [0.1, 0.15) is 44.1 Å². The van der Waals surface area contributed by atoms with Crippen LogP contribution in [0.4, 0.5) is 10.6 Å². The fraction of sp³-hybridized carbons (Fsp3) is 0.667. The Balaban J connectivity index is 1.29. The third kappa shape index (κ3) is 4.39. The fourth-order valence-electron chi connectivity index (χ4n) is 4.50. The minimum Gasteiger partial charge on any atom is -0.357 e. The number of piperidine rings is 1. The van der Waals surface area contributed by atoms with Gasteiger partial charge in [-0.3, -0.25) is 4.79 Å². The zero-order chi connectivity index (χ0) is 19.3. The zero-order valence-corrected chi connectivity index (χ0v) is 16.6. The third-order valence-electron chi connectivity index (χ3n) is 6.15. The standard InChI is InChI=1S/C21H31N5O2/c27-20(18-6-5-13-26(16-18)21(28)25-11-3-4-12-25)23-15-17-7-8-22-19(14-17)24-9-1-2-10-24/h7-8,14,18H,1-6,9-13,15-16H2,(H,23,27)/t18-/m0/s1. The van der Waals surface area contributed by atoms with Crippen LogP contribution in [0.3, 0.4) is 0 Å². The van der Waals surface area contributed by atoms with E-state index in [4.69, 9.17) is 0 Å². The molecule has 1 N–H and O–H groups in total. The average Bonchev–Trinajstić information content (AvgIpc) is 3.46. The predicted octanol–water partition coefficient (Wildman–Crippen LogP) is 2.23. The van der Waals surface area contributed by atoms with Gasteiger partial charge in [0.2, 0.25) is 5.91 Å². The fourth-order valence-corrected chi connectivity index (χ4v) is 4.50. The smallest absolute Gasteiger partial charge is 0.320 e. The summed E-state index contributed by atoms with van der Waals surface area (Å²) in [6.07, 6.45) is 8.20. The van der Waals surface area contributed by atoms with Gasteiger partial charge in [0.25, 0.3) is 0 Å². The van der Waals surface area contributed by atoms with Crippen LogP contribution in [-0.2, 0) is 11.3 Å². The van der Waals surface area contributed by atoms with Gasteiger partial charge >= 0.3 is 6.03 Å². The summed E-state index contributed by atoms with van der Waals surface area (Å²) >= 11 is 0. The van der Waals surface area contributed by atoms with E-state index in [1.54, 1.807) is 0 Å². The summed E-state index contributed by atoms with van der Waals surface area (Å²) in [4.78, 5) is 35.9. The molecule has 0 saturated carbocycles. The predicted molar refractivity (Wildman–Crippen MR) is 108 cm³/mol. The van der Waals surface area contributed by atoms with Crippen LogP contribution >= 0.6 is 0 Å². The van der Waals surface area contributed by atoms with Crippen molar-refractivity contribution in [2.24, 2.45) is 5.92 Å². The lowest BCUT2D eigenvalue weighted by atomic mass is 9.97. The van der Waals surface area contributed by atoms with Gasteiger partial charge in [0.1, 0.15) is 5.82 Å². The Kier molecular flexibility index (Phi) is 5.98. The Morgan fingerprint density at radius 2 is 1.71 bits per heavy atom. The number of amides is 3. The Bertz CT molecular complexity index is 698. The number of nitrogens with zero attached hydrogens (tertiary/aromatic N) is 4. The molecule has 0 aliphatic carbocycles. The minimum atomic E-state index is -0.111. The van der Waals surface area contributed by atoms with Gasteiger partial charge in [-0.05, 0) is 56.2 Å². The second-order valence-electron chi connectivity index (χ2n) is 8.20. The Morgan fingerprint density at radius 1 is 1.00 bits per heavy atom. The van der Waals surface area contributed by atoms with E-state index in [-0.39, 0.29) is 17.9 Å². The van der Waals surface area contributed by atoms with E-state index in [2.05, 4.69) is 21.3 Å². The van der Waals surface area contributed by atoms with Gasteiger partial charge in [0.05, 0.1) is 5.92 Å². The zero-order valence-electron chi connectivity index (χ0n) is 16.6. The molecule has 3 saturated heterocycles. The molecule has 3 amide bonds. The number of hydrogen-bond acceptors (Lipinski definition) is 4. The van der Waals surface area contributed by atoms with Crippen LogP contribution in [0, 0.1) is 5.92 Å². The molecule has 0 spiro atoms. The van der Waals surface area contributed by atoms with Gasteiger partial charge in [-0.25, -0.2) is 9.78 Å². The number of nitrogens with one attached hydrogen (secondary N) is 1. The first-order valence-electron chi connectivity index (χ1n) is 10.7. The van der Waals surface area contributed by atoms with Crippen LogP contribution in [0.5, 0.6) is 0 Å². The van der Waals surface area contributed by atoms with Crippen molar-refractivity contribution < 1.29 is 9.59 Å². The SMILES string of the molecule is O=C(NCc1ccnc(N2CCCC2)c1)[C@H]1CCCN(C(=O)N2CCCC2)C1. The van der Waals surface area contributed by atoms with Gasteiger partial charge in [-0.15, -0.1) is 0 Å². The first-order valence-corrected chi connectivity index (χ1v) is 10.7. The molecule has 0 unspecified atom stereocenters. The number of aromatic nitrogens is 1. The molecule has 1 aromatic heterocycles. The van der Waals surface area contributed by atoms with Crippen molar-refractivity contribution in [1.29, 1.82) is 0 Å². The third-order valence-corrected chi connectivity index (χ3v) is 6.15. The van der Waals surface area contributed by atoms with Crippen molar-refractivity contribution in [3.05, 3.63) is 23.9 Å². The van der Waals surface area contributed by atoms with Gasteiger partial charge in [-0.1, -0.05) is 0 Å².